The van der Waals surface area contributed by atoms with Gasteiger partial charge in [-0.2, -0.15) is 0 Å². The Morgan fingerprint density at radius 1 is 1.37 bits per heavy atom. The Morgan fingerprint density at radius 3 is 2.58 bits per heavy atom. The van der Waals surface area contributed by atoms with Crippen molar-refractivity contribution in [3.8, 4) is 0 Å². The van der Waals surface area contributed by atoms with Crippen LogP contribution in [0.1, 0.15) is 36.5 Å². The first kappa shape index (κ1) is 14.6. The molecule has 5 heteroatoms. The predicted octanol–water partition coefficient (Wildman–Crippen LogP) is 3.34. The van der Waals surface area contributed by atoms with Crippen LogP contribution in [0.2, 0.25) is 10.0 Å². The second-order valence-corrected chi connectivity index (χ2v) is 5.79. The second-order valence-electron chi connectivity index (χ2n) is 4.98. The van der Waals surface area contributed by atoms with Crippen molar-refractivity contribution in [2.45, 2.75) is 38.3 Å². The highest BCUT2D eigenvalue weighted by atomic mass is 35.5. The average molecular weight is 301 g/mol. The highest BCUT2D eigenvalue weighted by Crippen LogP contribution is 2.30. The maximum atomic E-state index is 12.7. The van der Waals surface area contributed by atoms with Crippen LogP contribution in [0.25, 0.3) is 0 Å². The lowest BCUT2D eigenvalue weighted by molar-refractivity contribution is 0.0494. The van der Waals surface area contributed by atoms with Crippen molar-refractivity contribution in [2.75, 3.05) is 6.54 Å². The third-order valence-corrected chi connectivity index (χ3v) is 4.34. The highest BCUT2D eigenvalue weighted by molar-refractivity contribution is 6.39. The fourth-order valence-corrected chi connectivity index (χ4v) is 3.27. The topological polar surface area (TPSA) is 46.3 Å². The van der Waals surface area contributed by atoms with Gasteiger partial charge in [-0.15, -0.1) is 0 Å². The number of likely N-dealkylation sites (tertiary alicyclic amines) is 1. The van der Waals surface area contributed by atoms with E-state index in [2.05, 4.69) is 0 Å². The number of amides is 1. The molecule has 0 aliphatic carbocycles. The Bertz CT molecular complexity index is 458. The summed E-state index contributed by atoms with van der Waals surface area (Å²) in [6.07, 6.45) is 3.03. The zero-order valence-electron chi connectivity index (χ0n) is 10.9. The lowest BCUT2D eigenvalue weighted by atomic mass is 9.95. The lowest BCUT2D eigenvalue weighted by Crippen LogP contribution is -2.52. The quantitative estimate of drug-likeness (QED) is 0.910. The third-order valence-electron chi connectivity index (χ3n) is 3.71. The number of nitrogens with two attached hydrogens (primary N) is 1. The Hall–Kier alpha value is -0.770. The van der Waals surface area contributed by atoms with Gasteiger partial charge in [-0.25, -0.2) is 0 Å². The molecule has 0 saturated carbocycles. The van der Waals surface area contributed by atoms with Gasteiger partial charge < -0.3 is 10.6 Å². The average Bonchev–Trinajstić information content (AvgIpc) is 2.37. The highest BCUT2D eigenvalue weighted by Gasteiger charge is 2.33. The number of piperidine rings is 1. The Kier molecular flexibility index (Phi) is 4.71. The van der Waals surface area contributed by atoms with E-state index in [4.69, 9.17) is 28.9 Å². The number of carbonyl (C=O) groups is 1. The standard InChI is InChI=1S/C14H18Cl2N2O/c1-9-4-2-5-10(8-17)18(9)14(19)13-11(15)6-3-7-12(13)16/h3,6-7,9-10H,2,4-5,8,17H2,1H3. The molecule has 104 valence electrons. The molecule has 1 amide bonds. The summed E-state index contributed by atoms with van der Waals surface area (Å²) in [6, 6.07) is 5.35. The van der Waals surface area contributed by atoms with Crippen LogP contribution in [-0.2, 0) is 0 Å². The maximum Gasteiger partial charge on any atom is 0.257 e. The van der Waals surface area contributed by atoms with Gasteiger partial charge in [0.15, 0.2) is 0 Å². The molecule has 0 bridgehead atoms. The molecule has 1 aromatic rings. The van der Waals surface area contributed by atoms with Crippen molar-refractivity contribution >= 4 is 29.1 Å². The molecule has 2 atom stereocenters. The minimum absolute atomic E-state index is 0.0728. The predicted molar refractivity (Wildman–Crippen MR) is 78.8 cm³/mol. The van der Waals surface area contributed by atoms with Gasteiger partial charge in [0.25, 0.3) is 5.91 Å². The first-order valence-electron chi connectivity index (χ1n) is 6.53. The van der Waals surface area contributed by atoms with Crippen LogP contribution in [-0.4, -0.2) is 29.4 Å². The zero-order valence-corrected chi connectivity index (χ0v) is 12.4. The van der Waals surface area contributed by atoms with Crippen molar-refractivity contribution in [3.05, 3.63) is 33.8 Å². The monoisotopic (exact) mass is 300 g/mol. The van der Waals surface area contributed by atoms with E-state index >= 15 is 0 Å². The first-order chi connectivity index (χ1) is 9.06. The van der Waals surface area contributed by atoms with E-state index in [9.17, 15) is 4.79 Å². The summed E-state index contributed by atoms with van der Waals surface area (Å²) in [4.78, 5) is 14.6. The van der Waals surface area contributed by atoms with E-state index in [1.165, 1.54) is 0 Å². The molecular formula is C14H18Cl2N2O. The first-order valence-corrected chi connectivity index (χ1v) is 7.28. The molecule has 1 aliphatic heterocycles. The molecular weight excluding hydrogens is 283 g/mol. The number of hydrogen-bond donors (Lipinski definition) is 1. The van der Waals surface area contributed by atoms with Crippen LogP contribution in [0.4, 0.5) is 0 Å². The van der Waals surface area contributed by atoms with E-state index in [-0.39, 0.29) is 18.0 Å². The summed E-state index contributed by atoms with van der Waals surface area (Å²) in [5.41, 5.74) is 6.18. The summed E-state index contributed by atoms with van der Waals surface area (Å²) < 4.78 is 0. The van der Waals surface area contributed by atoms with Gasteiger partial charge in [0, 0.05) is 18.6 Å². The fourth-order valence-electron chi connectivity index (χ4n) is 2.72. The summed E-state index contributed by atoms with van der Waals surface area (Å²) in [5.74, 6) is -0.113. The Morgan fingerprint density at radius 2 is 2.00 bits per heavy atom. The van der Waals surface area contributed by atoms with Crippen molar-refractivity contribution in [1.82, 2.24) is 4.90 Å². The van der Waals surface area contributed by atoms with Crippen molar-refractivity contribution in [2.24, 2.45) is 5.73 Å². The van der Waals surface area contributed by atoms with Crippen LogP contribution < -0.4 is 5.73 Å². The second kappa shape index (κ2) is 6.12. The molecule has 2 unspecified atom stereocenters. The molecule has 2 N–H and O–H groups in total. The van der Waals surface area contributed by atoms with Gasteiger partial charge in [-0.3, -0.25) is 4.79 Å². The molecule has 1 saturated heterocycles. The fraction of sp³-hybridized carbons (Fsp3) is 0.500. The molecule has 1 aromatic carbocycles. The molecule has 1 aliphatic rings. The molecule has 0 aromatic heterocycles. The zero-order chi connectivity index (χ0) is 14.0. The molecule has 0 radical (unpaired) electrons. The molecule has 3 nitrogen and oxygen atoms in total. The molecule has 0 spiro atoms. The van der Waals surface area contributed by atoms with Crippen LogP contribution >= 0.6 is 23.2 Å². The number of nitrogens with zero attached hydrogens (tertiary/aromatic N) is 1. The summed E-state index contributed by atoms with van der Waals surface area (Å²) in [6.45, 7) is 2.52. The Balaban J connectivity index is 2.36. The van der Waals surface area contributed by atoms with Crippen molar-refractivity contribution in [3.63, 3.8) is 0 Å². The van der Waals surface area contributed by atoms with E-state index in [1.807, 2.05) is 11.8 Å². The van der Waals surface area contributed by atoms with E-state index in [0.29, 0.717) is 22.2 Å². The van der Waals surface area contributed by atoms with Gasteiger partial charge >= 0.3 is 0 Å². The van der Waals surface area contributed by atoms with Gasteiger partial charge in [0.1, 0.15) is 0 Å². The molecule has 1 heterocycles. The van der Waals surface area contributed by atoms with Crippen molar-refractivity contribution in [1.29, 1.82) is 0 Å². The van der Waals surface area contributed by atoms with E-state index in [0.717, 1.165) is 19.3 Å². The smallest absolute Gasteiger partial charge is 0.257 e. The molecule has 1 fully saturated rings. The third kappa shape index (κ3) is 2.88. The number of hydrogen-bond acceptors (Lipinski definition) is 2. The number of halogens is 2. The largest absolute Gasteiger partial charge is 0.332 e. The van der Waals surface area contributed by atoms with Crippen LogP contribution in [0, 0.1) is 0 Å². The van der Waals surface area contributed by atoms with Crippen molar-refractivity contribution < 1.29 is 4.79 Å². The van der Waals surface area contributed by atoms with Crippen LogP contribution in [0.15, 0.2) is 18.2 Å². The maximum absolute atomic E-state index is 12.7. The van der Waals surface area contributed by atoms with E-state index < -0.39 is 0 Å². The minimum Gasteiger partial charge on any atom is -0.332 e. The van der Waals surface area contributed by atoms with Gasteiger partial charge in [-0.1, -0.05) is 29.3 Å². The number of carbonyl (C=O) groups excluding carboxylic acids is 1. The SMILES string of the molecule is CC1CCCC(CN)N1C(=O)c1c(Cl)cccc1Cl. The normalized spacial score (nSPS) is 23.5. The van der Waals surface area contributed by atoms with Gasteiger partial charge in [0.2, 0.25) is 0 Å². The summed E-state index contributed by atoms with van der Waals surface area (Å²) in [5, 5.41) is 0.789. The molecule has 19 heavy (non-hydrogen) atoms. The molecule has 2 rings (SSSR count). The number of benzene rings is 1. The summed E-state index contributed by atoms with van der Waals surface area (Å²) >= 11 is 12.2. The Labute approximate surface area is 123 Å². The lowest BCUT2D eigenvalue weighted by Gasteiger charge is -2.40. The van der Waals surface area contributed by atoms with Crippen LogP contribution in [0.5, 0.6) is 0 Å². The van der Waals surface area contributed by atoms with Gasteiger partial charge in [0.05, 0.1) is 15.6 Å². The number of rotatable bonds is 2. The minimum atomic E-state index is -0.113. The van der Waals surface area contributed by atoms with Gasteiger partial charge in [-0.05, 0) is 38.3 Å². The summed E-state index contributed by atoms with van der Waals surface area (Å²) in [7, 11) is 0. The van der Waals surface area contributed by atoms with E-state index in [1.54, 1.807) is 18.2 Å². The van der Waals surface area contributed by atoms with Crippen LogP contribution in [0.3, 0.4) is 0 Å².